The summed E-state index contributed by atoms with van der Waals surface area (Å²) in [6.45, 7) is 7.43. The van der Waals surface area contributed by atoms with Gasteiger partial charge in [0.1, 0.15) is 0 Å². The number of nitrogens with one attached hydrogen (secondary N) is 1. The summed E-state index contributed by atoms with van der Waals surface area (Å²) < 4.78 is 6.88. The molecule has 2 aromatic rings. The molecule has 0 saturated carbocycles. The smallest absolute Gasteiger partial charge is 0.247 e. The normalized spacial score (nSPS) is 11.8. The molecule has 0 spiro atoms. The van der Waals surface area contributed by atoms with Crippen molar-refractivity contribution in [2.75, 3.05) is 6.54 Å². The average molecular weight is 385 g/mol. The van der Waals surface area contributed by atoms with Crippen molar-refractivity contribution in [3.63, 3.8) is 0 Å². The first-order valence-corrected chi connectivity index (χ1v) is 7.85. The molecule has 4 nitrogen and oxygen atoms in total. The second-order valence-electron chi connectivity index (χ2n) is 5.79. The molecule has 0 aliphatic heterocycles. The molecule has 0 atom stereocenters. The molecular formula is C15H20IN3O. The number of aryl methyl sites for hydroxylation is 1. The Balaban J connectivity index is 1.88. The van der Waals surface area contributed by atoms with Gasteiger partial charge >= 0.3 is 0 Å². The quantitative estimate of drug-likeness (QED) is 0.631. The maximum absolute atomic E-state index is 5.69. The lowest BCUT2D eigenvalue weighted by molar-refractivity contribution is 0.412. The Bertz CT molecular complexity index is 543. The molecule has 5 heteroatoms. The monoisotopic (exact) mass is 385 g/mol. The molecule has 1 heterocycles. The van der Waals surface area contributed by atoms with Crippen molar-refractivity contribution >= 4 is 22.6 Å². The Labute approximate surface area is 133 Å². The fourth-order valence-electron chi connectivity index (χ4n) is 1.77. The molecule has 0 aliphatic rings. The zero-order valence-electron chi connectivity index (χ0n) is 12.1. The fraction of sp³-hybridized carbons (Fsp3) is 0.467. The van der Waals surface area contributed by atoms with E-state index in [2.05, 4.69) is 58.9 Å². The predicted molar refractivity (Wildman–Crippen MR) is 88.5 cm³/mol. The van der Waals surface area contributed by atoms with E-state index in [0.29, 0.717) is 11.8 Å². The van der Waals surface area contributed by atoms with Crippen molar-refractivity contribution in [3.8, 4) is 11.5 Å². The summed E-state index contributed by atoms with van der Waals surface area (Å²) >= 11 is 2.28. The number of hydrogen-bond donors (Lipinski definition) is 1. The molecule has 0 fully saturated rings. The second-order valence-corrected chi connectivity index (χ2v) is 7.03. The van der Waals surface area contributed by atoms with E-state index in [1.54, 1.807) is 0 Å². The third kappa shape index (κ3) is 4.86. The topological polar surface area (TPSA) is 51.0 Å². The van der Waals surface area contributed by atoms with E-state index in [-0.39, 0.29) is 5.54 Å². The van der Waals surface area contributed by atoms with Crippen molar-refractivity contribution in [2.45, 2.75) is 39.2 Å². The first kappa shape index (κ1) is 15.4. The standard InChI is InChI=1S/C15H20IN3O/c1-15(2,3)17-10-4-5-13-18-19-14(20-13)11-6-8-12(16)9-7-11/h6-9,17H,4-5,10H2,1-3H3. The number of nitrogens with zero attached hydrogens (tertiary/aromatic N) is 2. The zero-order chi connectivity index (χ0) is 14.6. The highest BCUT2D eigenvalue weighted by molar-refractivity contribution is 14.1. The minimum atomic E-state index is 0.154. The number of hydrogen-bond acceptors (Lipinski definition) is 4. The van der Waals surface area contributed by atoms with Gasteiger partial charge in [0.15, 0.2) is 0 Å². The molecule has 0 amide bonds. The van der Waals surface area contributed by atoms with Crippen LogP contribution < -0.4 is 5.32 Å². The van der Waals surface area contributed by atoms with Crippen molar-refractivity contribution < 1.29 is 4.42 Å². The SMILES string of the molecule is CC(C)(C)NCCCc1nnc(-c2ccc(I)cc2)o1. The van der Waals surface area contributed by atoms with Gasteiger partial charge in [0.05, 0.1) is 0 Å². The highest BCUT2D eigenvalue weighted by Gasteiger charge is 2.10. The Morgan fingerprint density at radius 1 is 1.15 bits per heavy atom. The summed E-state index contributed by atoms with van der Waals surface area (Å²) in [4.78, 5) is 0. The van der Waals surface area contributed by atoms with Gasteiger partial charge in [-0.1, -0.05) is 0 Å². The number of aromatic nitrogens is 2. The first-order valence-electron chi connectivity index (χ1n) is 6.77. The van der Waals surface area contributed by atoms with Crippen molar-refractivity contribution in [1.29, 1.82) is 0 Å². The van der Waals surface area contributed by atoms with Crippen LogP contribution in [-0.4, -0.2) is 22.3 Å². The van der Waals surface area contributed by atoms with Gasteiger partial charge in [-0.25, -0.2) is 0 Å². The van der Waals surface area contributed by atoms with Crippen molar-refractivity contribution in [3.05, 3.63) is 33.7 Å². The Kier molecular flexibility index (Phi) is 5.15. The molecule has 1 aromatic carbocycles. The van der Waals surface area contributed by atoms with Gasteiger partial charge in [0.25, 0.3) is 0 Å². The Morgan fingerprint density at radius 2 is 1.85 bits per heavy atom. The molecule has 20 heavy (non-hydrogen) atoms. The molecule has 0 radical (unpaired) electrons. The molecule has 0 aliphatic carbocycles. The van der Waals surface area contributed by atoms with E-state index >= 15 is 0 Å². The van der Waals surface area contributed by atoms with Gasteiger partial charge in [0.2, 0.25) is 11.8 Å². The minimum Gasteiger partial charge on any atom is -0.421 e. The van der Waals surface area contributed by atoms with Gasteiger partial charge in [0, 0.05) is 21.1 Å². The highest BCUT2D eigenvalue weighted by atomic mass is 127. The summed E-state index contributed by atoms with van der Waals surface area (Å²) in [6, 6.07) is 8.07. The molecule has 1 N–H and O–H groups in total. The van der Waals surface area contributed by atoms with Gasteiger partial charge in [-0.2, -0.15) is 0 Å². The van der Waals surface area contributed by atoms with E-state index in [4.69, 9.17) is 4.42 Å². The van der Waals surface area contributed by atoms with Crippen LogP contribution in [0.3, 0.4) is 0 Å². The minimum absolute atomic E-state index is 0.154. The van der Waals surface area contributed by atoms with E-state index in [1.807, 2.05) is 24.3 Å². The molecule has 0 saturated heterocycles. The molecule has 108 valence electrons. The fourth-order valence-corrected chi connectivity index (χ4v) is 2.13. The first-order chi connectivity index (χ1) is 9.44. The summed E-state index contributed by atoms with van der Waals surface area (Å²) in [5.74, 6) is 1.30. The van der Waals surface area contributed by atoms with E-state index in [0.717, 1.165) is 24.9 Å². The maximum Gasteiger partial charge on any atom is 0.247 e. The second kappa shape index (κ2) is 6.67. The predicted octanol–water partition coefficient (Wildman–Crippen LogP) is 3.66. The summed E-state index contributed by atoms with van der Waals surface area (Å²) in [7, 11) is 0. The van der Waals surface area contributed by atoms with E-state index in [1.165, 1.54) is 3.57 Å². The molecule has 2 rings (SSSR count). The lowest BCUT2D eigenvalue weighted by Gasteiger charge is -2.19. The van der Waals surface area contributed by atoms with Crippen LogP contribution in [-0.2, 0) is 6.42 Å². The number of halogens is 1. The van der Waals surface area contributed by atoms with Gasteiger partial charge < -0.3 is 9.73 Å². The lowest BCUT2D eigenvalue weighted by atomic mass is 10.1. The Morgan fingerprint density at radius 3 is 2.50 bits per heavy atom. The van der Waals surface area contributed by atoms with Crippen LogP contribution >= 0.6 is 22.6 Å². The Hall–Kier alpha value is -0.950. The number of benzene rings is 1. The van der Waals surface area contributed by atoms with Gasteiger partial charge in [-0.15, -0.1) is 10.2 Å². The van der Waals surface area contributed by atoms with Gasteiger partial charge in [-0.05, 0) is 80.6 Å². The van der Waals surface area contributed by atoms with Crippen LogP contribution in [0.15, 0.2) is 28.7 Å². The van der Waals surface area contributed by atoms with Crippen LogP contribution in [0.25, 0.3) is 11.5 Å². The van der Waals surface area contributed by atoms with Crippen LogP contribution in [0.5, 0.6) is 0 Å². The summed E-state index contributed by atoms with van der Waals surface area (Å²) in [5.41, 5.74) is 1.12. The zero-order valence-corrected chi connectivity index (χ0v) is 14.3. The molecule has 0 unspecified atom stereocenters. The number of rotatable bonds is 5. The van der Waals surface area contributed by atoms with Gasteiger partial charge in [-0.3, -0.25) is 0 Å². The van der Waals surface area contributed by atoms with E-state index in [9.17, 15) is 0 Å². The third-order valence-corrected chi connectivity index (χ3v) is 3.50. The van der Waals surface area contributed by atoms with Crippen LogP contribution in [0.4, 0.5) is 0 Å². The highest BCUT2D eigenvalue weighted by Crippen LogP contribution is 2.19. The van der Waals surface area contributed by atoms with E-state index < -0.39 is 0 Å². The molecular weight excluding hydrogens is 365 g/mol. The summed E-state index contributed by atoms with van der Waals surface area (Å²) in [6.07, 6.45) is 1.80. The molecule has 1 aromatic heterocycles. The van der Waals surface area contributed by atoms with Crippen LogP contribution in [0.2, 0.25) is 0 Å². The third-order valence-electron chi connectivity index (χ3n) is 2.78. The van der Waals surface area contributed by atoms with Crippen molar-refractivity contribution in [1.82, 2.24) is 15.5 Å². The average Bonchev–Trinajstić information content (AvgIpc) is 2.83. The summed E-state index contributed by atoms with van der Waals surface area (Å²) in [5, 5.41) is 11.7. The van der Waals surface area contributed by atoms with Crippen molar-refractivity contribution in [2.24, 2.45) is 0 Å². The molecule has 0 bridgehead atoms. The largest absolute Gasteiger partial charge is 0.421 e. The van der Waals surface area contributed by atoms with Crippen LogP contribution in [0.1, 0.15) is 33.1 Å². The lowest BCUT2D eigenvalue weighted by Crippen LogP contribution is -2.36. The maximum atomic E-state index is 5.69. The van der Waals surface area contributed by atoms with Crippen LogP contribution in [0, 0.1) is 3.57 Å².